The number of methoxy groups -OCH3 is 1. The molecule has 1 aromatic carbocycles. The van der Waals surface area contributed by atoms with E-state index in [1.807, 2.05) is 13.8 Å². The molecule has 0 saturated heterocycles. The number of anilines is 1. The minimum atomic E-state index is -0.756. The molecule has 0 aliphatic carbocycles. The van der Waals surface area contributed by atoms with E-state index in [4.69, 9.17) is 5.73 Å². The maximum absolute atomic E-state index is 12.1. The Bertz CT molecular complexity index is 500. The SMILES string of the molecule is COC(=O)C(CC(C)C)NC(=O)c1cccc(N)c1O. The molecule has 1 aromatic rings. The Morgan fingerprint density at radius 3 is 2.60 bits per heavy atom. The van der Waals surface area contributed by atoms with Gasteiger partial charge >= 0.3 is 5.97 Å². The van der Waals surface area contributed by atoms with E-state index in [2.05, 4.69) is 10.1 Å². The molecule has 6 heteroatoms. The Kier molecular flexibility index (Phi) is 5.37. The largest absolute Gasteiger partial charge is 0.505 e. The molecule has 6 nitrogen and oxygen atoms in total. The van der Waals surface area contributed by atoms with Crippen molar-refractivity contribution in [1.82, 2.24) is 5.32 Å². The third-order valence-electron chi connectivity index (χ3n) is 2.81. The van der Waals surface area contributed by atoms with E-state index in [-0.39, 0.29) is 22.9 Å². The second kappa shape index (κ2) is 6.79. The molecule has 0 bridgehead atoms. The van der Waals surface area contributed by atoms with Gasteiger partial charge in [-0.3, -0.25) is 4.79 Å². The summed E-state index contributed by atoms with van der Waals surface area (Å²) in [6, 6.07) is 3.72. The van der Waals surface area contributed by atoms with Crippen LogP contribution >= 0.6 is 0 Å². The van der Waals surface area contributed by atoms with E-state index >= 15 is 0 Å². The summed E-state index contributed by atoms with van der Waals surface area (Å²) in [6.45, 7) is 3.86. The van der Waals surface area contributed by atoms with Crippen LogP contribution in [0.4, 0.5) is 5.69 Å². The highest BCUT2D eigenvalue weighted by Crippen LogP contribution is 2.24. The third kappa shape index (κ3) is 3.88. The number of carbonyl (C=O) groups is 2. The van der Waals surface area contributed by atoms with Crippen LogP contribution in [0.15, 0.2) is 18.2 Å². The Balaban J connectivity index is 2.90. The Morgan fingerprint density at radius 2 is 2.05 bits per heavy atom. The van der Waals surface area contributed by atoms with Crippen molar-refractivity contribution in [2.45, 2.75) is 26.3 Å². The predicted molar refractivity (Wildman–Crippen MR) is 75.2 cm³/mol. The number of benzene rings is 1. The number of esters is 1. The van der Waals surface area contributed by atoms with Crippen molar-refractivity contribution >= 4 is 17.6 Å². The maximum atomic E-state index is 12.1. The number of nitrogen functional groups attached to an aromatic ring is 1. The molecule has 1 atom stereocenters. The average Bonchev–Trinajstić information content (AvgIpc) is 2.39. The van der Waals surface area contributed by atoms with Crippen LogP contribution < -0.4 is 11.1 Å². The van der Waals surface area contributed by atoms with E-state index in [9.17, 15) is 14.7 Å². The summed E-state index contributed by atoms with van der Waals surface area (Å²) in [7, 11) is 1.26. The Labute approximate surface area is 117 Å². The van der Waals surface area contributed by atoms with Gasteiger partial charge in [-0.1, -0.05) is 19.9 Å². The number of hydrogen-bond acceptors (Lipinski definition) is 5. The van der Waals surface area contributed by atoms with Crippen molar-refractivity contribution in [2.24, 2.45) is 5.92 Å². The molecule has 1 rings (SSSR count). The first-order chi connectivity index (χ1) is 9.36. The minimum Gasteiger partial charge on any atom is -0.505 e. The van der Waals surface area contributed by atoms with Crippen molar-refractivity contribution in [1.29, 1.82) is 0 Å². The van der Waals surface area contributed by atoms with Crippen molar-refractivity contribution in [3.8, 4) is 5.75 Å². The molecule has 0 radical (unpaired) electrons. The summed E-state index contributed by atoms with van der Waals surface area (Å²) >= 11 is 0. The lowest BCUT2D eigenvalue weighted by atomic mass is 10.0. The molecule has 20 heavy (non-hydrogen) atoms. The van der Waals surface area contributed by atoms with Gasteiger partial charge in [-0.05, 0) is 24.5 Å². The number of phenols is 1. The lowest BCUT2D eigenvalue weighted by Gasteiger charge is -2.18. The lowest BCUT2D eigenvalue weighted by molar-refractivity contribution is -0.143. The maximum Gasteiger partial charge on any atom is 0.328 e. The van der Waals surface area contributed by atoms with Crippen molar-refractivity contribution in [3.05, 3.63) is 23.8 Å². The van der Waals surface area contributed by atoms with E-state index in [0.29, 0.717) is 6.42 Å². The average molecular weight is 280 g/mol. The molecular formula is C14H20N2O4. The molecule has 0 aliphatic rings. The zero-order valence-corrected chi connectivity index (χ0v) is 11.8. The summed E-state index contributed by atoms with van der Waals surface area (Å²) in [5, 5.41) is 12.3. The van der Waals surface area contributed by atoms with E-state index < -0.39 is 17.9 Å². The molecule has 0 saturated carbocycles. The van der Waals surface area contributed by atoms with Crippen molar-refractivity contribution in [3.63, 3.8) is 0 Å². The number of carbonyl (C=O) groups excluding carboxylic acids is 2. The summed E-state index contributed by atoms with van der Waals surface area (Å²) in [5.41, 5.74) is 5.67. The van der Waals surface area contributed by atoms with Crippen LogP contribution in [-0.2, 0) is 9.53 Å². The van der Waals surface area contributed by atoms with Crippen LogP contribution in [0.25, 0.3) is 0 Å². The number of aromatic hydroxyl groups is 1. The molecule has 0 heterocycles. The number of para-hydroxylation sites is 1. The number of phenolic OH excluding ortho intramolecular Hbond substituents is 1. The molecule has 4 N–H and O–H groups in total. The topological polar surface area (TPSA) is 102 Å². The zero-order chi connectivity index (χ0) is 15.3. The van der Waals surface area contributed by atoms with Gasteiger partial charge in [0.15, 0.2) is 5.75 Å². The summed E-state index contributed by atoms with van der Waals surface area (Å²) in [5.74, 6) is -1.17. The first kappa shape index (κ1) is 15.8. The first-order valence-electron chi connectivity index (χ1n) is 6.33. The smallest absolute Gasteiger partial charge is 0.328 e. The monoisotopic (exact) mass is 280 g/mol. The number of ether oxygens (including phenoxy) is 1. The number of nitrogens with one attached hydrogen (secondary N) is 1. The Hall–Kier alpha value is -2.24. The number of hydrogen-bond donors (Lipinski definition) is 3. The molecule has 0 spiro atoms. The molecule has 0 fully saturated rings. The molecule has 1 amide bonds. The molecular weight excluding hydrogens is 260 g/mol. The summed E-state index contributed by atoms with van der Waals surface area (Å²) < 4.78 is 4.66. The number of rotatable bonds is 5. The molecule has 0 aliphatic heterocycles. The summed E-state index contributed by atoms with van der Waals surface area (Å²) in [6.07, 6.45) is 0.446. The molecule has 1 unspecified atom stereocenters. The molecule has 110 valence electrons. The van der Waals surface area contributed by atoms with Gasteiger partial charge in [0.2, 0.25) is 0 Å². The first-order valence-corrected chi connectivity index (χ1v) is 6.33. The quantitative estimate of drug-likeness (QED) is 0.428. The van der Waals surface area contributed by atoms with Gasteiger partial charge in [0.05, 0.1) is 18.4 Å². The second-order valence-corrected chi connectivity index (χ2v) is 4.92. The third-order valence-corrected chi connectivity index (χ3v) is 2.81. The Morgan fingerprint density at radius 1 is 1.40 bits per heavy atom. The zero-order valence-electron chi connectivity index (χ0n) is 11.8. The van der Waals surface area contributed by atoms with Crippen LogP contribution in [0.2, 0.25) is 0 Å². The van der Waals surface area contributed by atoms with Gasteiger partial charge < -0.3 is 20.9 Å². The van der Waals surface area contributed by atoms with Gasteiger partial charge in [0, 0.05) is 0 Å². The minimum absolute atomic E-state index is 0.0302. The fourth-order valence-electron chi connectivity index (χ4n) is 1.81. The molecule has 0 aromatic heterocycles. The van der Waals surface area contributed by atoms with Gasteiger partial charge in [-0.25, -0.2) is 4.79 Å². The van der Waals surface area contributed by atoms with Crippen molar-refractivity contribution in [2.75, 3.05) is 12.8 Å². The van der Waals surface area contributed by atoms with Gasteiger partial charge in [0.1, 0.15) is 6.04 Å². The van der Waals surface area contributed by atoms with Crippen LogP contribution in [0, 0.1) is 5.92 Å². The van der Waals surface area contributed by atoms with Crippen LogP contribution in [0.5, 0.6) is 5.75 Å². The number of nitrogens with two attached hydrogens (primary N) is 1. The van der Waals surface area contributed by atoms with E-state index in [1.54, 1.807) is 6.07 Å². The van der Waals surface area contributed by atoms with Gasteiger partial charge in [-0.2, -0.15) is 0 Å². The second-order valence-electron chi connectivity index (χ2n) is 4.92. The highest BCUT2D eigenvalue weighted by atomic mass is 16.5. The van der Waals surface area contributed by atoms with Crippen molar-refractivity contribution < 1.29 is 19.4 Å². The standard InChI is InChI=1S/C14H20N2O4/c1-8(2)7-11(14(19)20-3)16-13(18)9-5-4-6-10(15)12(9)17/h4-6,8,11,17H,7,15H2,1-3H3,(H,16,18). The van der Waals surface area contributed by atoms with E-state index in [0.717, 1.165) is 0 Å². The lowest BCUT2D eigenvalue weighted by Crippen LogP contribution is -2.42. The van der Waals surface area contributed by atoms with Crippen LogP contribution in [0.3, 0.4) is 0 Å². The highest BCUT2D eigenvalue weighted by Gasteiger charge is 2.24. The fourth-order valence-corrected chi connectivity index (χ4v) is 1.81. The van der Waals surface area contributed by atoms with Crippen LogP contribution in [0.1, 0.15) is 30.6 Å². The van der Waals surface area contributed by atoms with E-state index in [1.165, 1.54) is 19.2 Å². The predicted octanol–water partition coefficient (Wildman–Crippen LogP) is 1.29. The van der Waals surface area contributed by atoms with Gasteiger partial charge in [0.25, 0.3) is 5.91 Å². The van der Waals surface area contributed by atoms with Gasteiger partial charge in [-0.15, -0.1) is 0 Å². The number of amides is 1. The van der Waals surface area contributed by atoms with Crippen LogP contribution in [-0.4, -0.2) is 30.1 Å². The normalized spacial score (nSPS) is 12.0. The summed E-state index contributed by atoms with van der Waals surface area (Å²) in [4.78, 5) is 23.7. The highest BCUT2D eigenvalue weighted by molar-refractivity contribution is 6.00. The fraction of sp³-hybridized carbons (Fsp3) is 0.429.